The zero-order valence-corrected chi connectivity index (χ0v) is 13.9. The van der Waals surface area contributed by atoms with Gasteiger partial charge >= 0.3 is 0 Å². The van der Waals surface area contributed by atoms with E-state index in [0.29, 0.717) is 29.9 Å². The number of hydrogen-bond acceptors (Lipinski definition) is 4. The molecule has 3 rings (SSSR count). The summed E-state index contributed by atoms with van der Waals surface area (Å²) in [5, 5.41) is 13.2. The fraction of sp³-hybridized carbons (Fsp3) is 0.316. The number of carbonyl (C=O) groups excluding carboxylic acids is 1. The number of hydrogen-bond donors (Lipinski definition) is 2. The third kappa shape index (κ3) is 4.28. The summed E-state index contributed by atoms with van der Waals surface area (Å²) in [7, 11) is 0. The highest BCUT2D eigenvalue weighted by Gasteiger charge is 2.23. The Bertz CT molecular complexity index is 759. The highest BCUT2D eigenvalue weighted by molar-refractivity contribution is 5.76. The first-order chi connectivity index (χ1) is 11.9. The van der Waals surface area contributed by atoms with Crippen LogP contribution >= 0.6 is 0 Å². The van der Waals surface area contributed by atoms with Crippen LogP contribution in [0.15, 0.2) is 42.5 Å². The number of rotatable bonds is 6. The molecule has 0 aliphatic carbocycles. The van der Waals surface area contributed by atoms with Gasteiger partial charge in [0.15, 0.2) is 11.5 Å². The molecule has 2 aromatic carbocycles. The van der Waals surface area contributed by atoms with Crippen LogP contribution in [-0.2, 0) is 16.8 Å². The van der Waals surface area contributed by atoms with E-state index in [1.165, 1.54) is 24.3 Å². The van der Waals surface area contributed by atoms with Gasteiger partial charge in [0.2, 0.25) is 12.7 Å². The Morgan fingerprint density at radius 1 is 1.20 bits per heavy atom. The number of carbonyl (C=O) groups is 1. The molecule has 0 saturated heterocycles. The van der Waals surface area contributed by atoms with Gasteiger partial charge in [-0.1, -0.05) is 18.2 Å². The van der Waals surface area contributed by atoms with E-state index < -0.39 is 5.60 Å². The Kier molecular flexibility index (Phi) is 4.90. The quantitative estimate of drug-likeness (QED) is 0.844. The largest absolute Gasteiger partial charge is 0.454 e. The molecule has 0 radical (unpaired) electrons. The SMILES string of the molecule is CC(O)(CNC(=O)CCc1ccc2c(c1)OCO2)c1ccc(F)cc1. The Morgan fingerprint density at radius 2 is 1.92 bits per heavy atom. The molecule has 1 aliphatic heterocycles. The van der Waals surface area contributed by atoms with Crippen LogP contribution in [0.3, 0.4) is 0 Å². The summed E-state index contributed by atoms with van der Waals surface area (Å²) < 4.78 is 23.5. The fourth-order valence-electron chi connectivity index (χ4n) is 2.62. The number of nitrogens with one attached hydrogen (secondary N) is 1. The lowest BCUT2D eigenvalue weighted by atomic mass is 9.96. The van der Waals surface area contributed by atoms with Crippen LogP contribution < -0.4 is 14.8 Å². The Morgan fingerprint density at radius 3 is 2.68 bits per heavy atom. The minimum atomic E-state index is -1.26. The van der Waals surface area contributed by atoms with Crippen LogP contribution in [0.5, 0.6) is 11.5 Å². The summed E-state index contributed by atoms with van der Waals surface area (Å²) in [6.07, 6.45) is 0.848. The van der Waals surface area contributed by atoms with E-state index in [2.05, 4.69) is 5.32 Å². The lowest BCUT2D eigenvalue weighted by Gasteiger charge is -2.24. The molecule has 0 bridgehead atoms. The molecule has 0 aromatic heterocycles. The fourth-order valence-corrected chi connectivity index (χ4v) is 2.62. The topological polar surface area (TPSA) is 67.8 Å². The highest BCUT2D eigenvalue weighted by atomic mass is 19.1. The van der Waals surface area contributed by atoms with Crippen molar-refractivity contribution in [2.24, 2.45) is 0 Å². The van der Waals surface area contributed by atoms with Crippen molar-refractivity contribution < 1.29 is 23.8 Å². The van der Waals surface area contributed by atoms with E-state index in [1.54, 1.807) is 6.92 Å². The van der Waals surface area contributed by atoms with Gasteiger partial charge in [0.1, 0.15) is 11.4 Å². The van der Waals surface area contributed by atoms with Crippen molar-refractivity contribution in [2.45, 2.75) is 25.4 Å². The first-order valence-electron chi connectivity index (χ1n) is 8.08. The molecular formula is C19H20FNO4. The van der Waals surface area contributed by atoms with Crippen LogP contribution in [0.25, 0.3) is 0 Å². The predicted molar refractivity (Wildman–Crippen MR) is 89.9 cm³/mol. The maximum absolute atomic E-state index is 13.0. The Balaban J connectivity index is 1.50. The van der Waals surface area contributed by atoms with Crippen LogP contribution in [-0.4, -0.2) is 24.4 Å². The molecule has 0 saturated carbocycles. The molecule has 1 aliphatic rings. The molecule has 1 heterocycles. The monoisotopic (exact) mass is 345 g/mol. The van der Waals surface area contributed by atoms with E-state index in [-0.39, 0.29) is 25.1 Å². The third-order valence-corrected chi connectivity index (χ3v) is 4.17. The normalized spacial score (nSPS) is 14.8. The van der Waals surface area contributed by atoms with Gasteiger partial charge in [-0.3, -0.25) is 4.79 Å². The van der Waals surface area contributed by atoms with Gasteiger partial charge < -0.3 is 19.9 Å². The number of fused-ring (bicyclic) bond motifs is 1. The zero-order chi connectivity index (χ0) is 17.9. The Labute approximate surface area is 145 Å². The van der Waals surface area contributed by atoms with Crippen molar-refractivity contribution in [3.05, 3.63) is 59.4 Å². The summed E-state index contributed by atoms with van der Waals surface area (Å²) in [4.78, 5) is 12.0. The Hall–Kier alpha value is -2.60. The van der Waals surface area contributed by atoms with E-state index in [9.17, 15) is 14.3 Å². The van der Waals surface area contributed by atoms with Crippen molar-refractivity contribution in [3.63, 3.8) is 0 Å². The minimum absolute atomic E-state index is 0.0542. The van der Waals surface area contributed by atoms with Gasteiger partial charge in [-0.25, -0.2) is 4.39 Å². The van der Waals surface area contributed by atoms with E-state index in [1.807, 2.05) is 18.2 Å². The first kappa shape index (κ1) is 17.2. The number of halogens is 1. The number of benzene rings is 2. The van der Waals surface area contributed by atoms with E-state index >= 15 is 0 Å². The van der Waals surface area contributed by atoms with Gasteiger partial charge in [-0.15, -0.1) is 0 Å². The number of ether oxygens (including phenoxy) is 2. The molecule has 25 heavy (non-hydrogen) atoms. The van der Waals surface area contributed by atoms with Crippen LogP contribution in [0.1, 0.15) is 24.5 Å². The number of amides is 1. The standard InChI is InChI=1S/C19H20FNO4/c1-19(23,14-4-6-15(20)7-5-14)11-21-18(22)9-3-13-2-8-16-17(10-13)25-12-24-16/h2,4-8,10,23H,3,9,11-12H2,1H3,(H,21,22). The molecule has 1 amide bonds. The van der Waals surface area contributed by atoms with Gasteiger partial charge in [0.05, 0.1) is 6.54 Å². The second-order valence-corrected chi connectivity index (χ2v) is 6.25. The van der Waals surface area contributed by atoms with Crippen molar-refractivity contribution in [1.82, 2.24) is 5.32 Å². The lowest BCUT2D eigenvalue weighted by Crippen LogP contribution is -2.38. The molecule has 0 fully saturated rings. The third-order valence-electron chi connectivity index (χ3n) is 4.17. The lowest BCUT2D eigenvalue weighted by molar-refractivity contribution is -0.122. The summed E-state index contributed by atoms with van der Waals surface area (Å²) >= 11 is 0. The van der Waals surface area contributed by atoms with Crippen molar-refractivity contribution in [3.8, 4) is 11.5 Å². The molecule has 1 unspecified atom stereocenters. The molecule has 0 spiro atoms. The average molecular weight is 345 g/mol. The minimum Gasteiger partial charge on any atom is -0.454 e. The van der Waals surface area contributed by atoms with Gasteiger partial charge in [-0.05, 0) is 48.7 Å². The highest BCUT2D eigenvalue weighted by Crippen LogP contribution is 2.32. The second-order valence-electron chi connectivity index (χ2n) is 6.25. The second kappa shape index (κ2) is 7.11. The molecule has 6 heteroatoms. The summed E-state index contributed by atoms with van der Waals surface area (Å²) in [5.74, 6) is 0.869. The van der Waals surface area contributed by atoms with Gasteiger partial charge in [-0.2, -0.15) is 0 Å². The zero-order valence-electron chi connectivity index (χ0n) is 13.9. The van der Waals surface area contributed by atoms with Gasteiger partial charge in [0, 0.05) is 6.42 Å². The summed E-state index contributed by atoms with van der Waals surface area (Å²) in [6.45, 7) is 1.86. The molecular weight excluding hydrogens is 325 g/mol. The maximum Gasteiger partial charge on any atom is 0.231 e. The summed E-state index contributed by atoms with van der Waals surface area (Å²) in [6, 6.07) is 11.2. The van der Waals surface area contributed by atoms with Gasteiger partial charge in [0.25, 0.3) is 0 Å². The maximum atomic E-state index is 13.0. The van der Waals surface area contributed by atoms with Crippen molar-refractivity contribution in [1.29, 1.82) is 0 Å². The van der Waals surface area contributed by atoms with Crippen molar-refractivity contribution >= 4 is 5.91 Å². The van der Waals surface area contributed by atoms with Crippen LogP contribution in [0.2, 0.25) is 0 Å². The number of aliphatic hydroxyl groups is 1. The first-order valence-corrected chi connectivity index (χ1v) is 8.08. The van der Waals surface area contributed by atoms with E-state index in [4.69, 9.17) is 9.47 Å². The molecule has 132 valence electrons. The molecule has 2 N–H and O–H groups in total. The molecule has 1 atom stereocenters. The number of aryl methyl sites for hydroxylation is 1. The van der Waals surface area contributed by atoms with Crippen LogP contribution in [0.4, 0.5) is 4.39 Å². The molecule has 2 aromatic rings. The molecule has 5 nitrogen and oxygen atoms in total. The predicted octanol–water partition coefficient (Wildman–Crippen LogP) is 2.51. The average Bonchev–Trinajstić information content (AvgIpc) is 3.06. The van der Waals surface area contributed by atoms with E-state index in [0.717, 1.165) is 5.56 Å². The smallest absolute Gasteiger partial charge is 0.231 e. The van der Waals surface area contributed by atoms with Crippen LogP contribution in [0, 0.1) is 5.82 Å². The summed E-state index contributed by atoms with van der Waals surface area (Å²) in [5.41, 5.74) is 0.261. The van der Waals surface area contributed by atoms with Crippen molar-refractivity contribution in [2.75, 3.05) is 13.3 Å².